The molecule has 0 radical (unpaired) electrons. The van der Waals surface area contributed by atoms with Gasteiger partial charge in [-0.1, -0.05) is 28.1 Å². The highest BCUT2D eigenvalue weighted by atomic mass is 79.9. The molecular weight excluding hydrogens is 403 g/mol. The molecule has 2 N–H and O–H groups in total. The van der Waals surface area contributed by atoms with E-state index < -0.39 is 5.82 Å². The van der Waals surface area contributed by atoms with E-state index >= 15 is 0 Å². The number of benzene rings is 2. The first kappa shape index (κ1) is 18.4. The lowest BCUT2D eigenvalue weighted by atomic mass is 10.2. The third-order valence-electron chi connectivity index (χ3n) is 3.89. The van der Waals surface area contributed by atoms with E-state index in [2.05, 4.69) is 26.6 Å². The maximum Gasteiger partial charge on any atom is 0.258 e. The minimum absolute atomic E-state index is 0.0214. The molecule has 3 rings (SSSR count). The summed E-state index contributed by atoms with van der Waals surface area (Å²) in [4.78, 5) is 23.7. The zero-order valence-corrected chi connectivity index (χ0v) is 15.5. The zero-order valence-electron chi connectivity index (χ0n) is 13.9. The number of carbonyl (C=O) groups is 2. The van der Waals surface area contributed by atoms with E-state index in [0.717, 1.165) is 18.4 Å². The molecule has 2 aromatic rings. The van der Waals surface area contributed by atoms with Crippen molar-refractivity contribution in [2.45, 2.75) is 19.4 Å². The van der Waals surface area contributed by atoms with Gasteiger partial charge < -0.3 is 15.4 Å². The maximum atomic E-state index is 13.6. The molecule has 0 spiro atoms. The summed E-state index contributed by atoms with van der Waals surface area (Å²) in [6.45, 7) is 0.00874. The van der Waals surface area contributed by atoms with Crippen molar-refractivity contribution >= 4 is 33.4 Å². The Labute approximate surface area is 159 Å². The number of anilines is 1. The Morgan fingerprint density at radius 1 is 1.19 bits per heavy atom. The standard InChI is InChI=1S/C19H18BrFN2O3/c20-14-6-7-17(16(21)9-14)26-11-18(24)22-10-12-2-1-3-15(8-12)23-19(25)13-4-5-13/h1-3,6-9,13H,4-5,10-11H2,(H,22,24)(H,23,25). The van der Waals surface area contributed by atoms with Crippen LogP contribution < -0.4 is 15.4 Å². The molecule has 0 bridgehead atoms. The number of carbonyl (C=O) groups excluding carboxylic acids is 2. The number of amides is 2. The summed E-state index contributed by atoms with van der Waals surface area (Å²) in [6.07, 6.45) is 1.89. The molecule has 1 aliphatic carbocycles. The monoisotopic (exact) mass is 420 g/mol. The number of rotatable bonds is 7. The fraction of sp³-hybridized carbons (Fsp3) is 0.263. The molecule has 0 aromatic heterocycles. The SMILES string of the molecule is O=C(COc1ccc(Br)cc1F)NCc1cccc(NC(=O)C2CC2)c1. The molecule has 1 aliphatic rings. The van der Waals surface area contributed by atoms with Crippen LogP contribution >= 0.6 is 15.9 Å². The van der Waals surface area contributed by atoms with Crippen molar-refractivity contribution in [1.82, 2.24) is 5.32 Å². The lowest BCUT2D eigenvalue weighted by molar-refractivity contribution is -0.123. The summed E-state index contributed by atoms with van der Waals surface area (Å²) >= 11 is 3.16. The number of ether oxygens (including phenoxy) is 1. The van der Waals surface area contributed by atoms with E-state index in [0.29, 0.717) is 10.2 Å². The summed E-state index contributed by atoms with van der Waals surface area (Å²) in [5.41, 5.74) is 1.56. The van der Waals surface area contributed by atoms with Crippen LogP contribution in [0, 0.1) is 11.7 Å². The summed E-state index contributed by atoms with van der Waals surface area (Å²) < 4.78 is 19.4. The molecule has 0 heterocycles. The van der Waals surface area contributed by atoms with Gasteiger partial charge in [-0.3, -0.25) is 9.59 Å². The minimum Gasteiger partial charge on any atom is -0.481 e. The predicted molar refractivity (Wildman–Crippen MR) is 99.2 cm³/mol. The normalized spacial score (nSPS) is 13.2. The van der Waals surface area contributed by atoms with Gasteiger partial charge in [0.05, 0.1) is 0 Å². The van der Waals surface area contributed by atoms with Crippen molar-refractivity contribution in [1.29, 1.82) is 0 Å². The zero-order chi connectivity index (χ0) is 18.5. The smallest absolute Gasteiger partial charge is 0.258 e. The van der Waals surface area contributed by atoms with Gasteiger partial charge >= 0.3 is 0 Å². The Morgan fingerprint density at radius 3 is 2.73 bits per heavy atom. The van der Waals surface area contributed by atoms with Crippen molar-refractivity contribution < 1.29 is 18.7 Å². The van der Waals surface area contributed by atoms with E-state index in [4.69, 9.17) is 4.74 Å². The number of hydrogen-bond donors (Lipinski definition) is 2. The summed E-state index contributed by atoms with van der Waals surface area (Å²) in [7, 11) is 0. The number of nitrogens with one attached hydrogen (secondary N) is 2. The molecule has 26 heavy (non-hydrogen) atoms. The predicted octanol–water partition coefficient (Wildman–Crippen LogP) is 3.63. The van der Waals surface area contributed by atoms with Gasteiger partial charge in [0.15, 0.2) is 18.2 Å². The van der Waals surface area contributed by atoms with E-state index in [1.165, 1.54) is 12.1 Å². The molecule has 0 aliphatic heterocycles. The Hall–Kier alpha value is -2.41. The quantitative estimate of drug-likeness (QED) is 0.718. The summed E-state index contributed by atoms with van der Waals surface area (Å²) in [6, 6.07) is 11.7. The Morgan fingerprint density at radius 2 is 2.00 bits per heavy atom. The summed E-state index contributed by atoms with van der Waals surface area (Å²) in [5.74, 6) is -0.704. The first-order chi connectivity index (χ1) is 12.5. The van der Waals surface area contributed by atoms with Crippen LogP contribution in [0.25, 0.3) is 0 Å². The molecule has 136 valence electrons. The third kappa shape index (κ3) is 5.29. The fourth-order valence-corrected chi connectivity index (χ4v) is 2.67. The van der Waals surface area contributed by atoms with Gasteiger partial charge in [-0.25, -0.2) is 4.39 Å². The van der Waals surface area contributed by atoms with Crippen LogP contribution in [0.1, 0.15) is 18.4 Å². The lowest BCUT2D eigenvalue weighted by Gasteiger charge is -2.10. The number of halogens is 2. The van der Waals surface area contributed by atoms with Gasteiger partial charge in [0.25, 0.3) is 5.91 Å². The summed E-state index contributed by atoms with van der Waals surface area (Å²) in [5, 5.41) is 5.57. The van der Waals surface area contributed by atoms with Gasteiger partial charge in [0.1, 0.15) is 0 Å². The Balaban J connectivity index is 1.47. The van der Waals surface area contributed by atoms with Crippen molar-refractivity contribution in [2.24, 2.45) is 5.92 Å². The molecule has 0 unspecified atom stereocenters. The first-order valence-electron chi connectivity index (χ1n) is 8.25. The second-order valence-corrected chi connectivity index (χ2v) is 7.02. The first-order valence-corrected chi connectivity index (χ1v) is 9.05. The molecule has 2 amide bonds. The molecular formula is C19H18BrFN2O3. The van der Waals surface area contributed by atoms with Gasteiger partial charge in [-0.2, -0.15) is 0 Å². The van der Waals surface area contributed by atoms with Gasteiger partial charge in [-0.05, 0) is 48.7 Å². The van der Waals surface area contributed by atoms with Crippen LogP contribution in [0.15, 0.2) is 46.9 Å². The Kier molecular flexibility index (Phi) is 5.88. The van der Waals surface area contributed by atoms with Crippen LogP contribution in [0.5, 0.6) is 5.75 Å². The van der Waals surface area contributed by atoms with Gasteiger partial charge in [0, 0.05) is 22.6 Å². The molecule has 0 atom stereocenters. The molecule has 5 nitrogen and oxygen atoms in total. The molecule has 1 saturated carbocycles. The van der Waals surface area contributed by atoms with E-state index in [9.17, 15) is 14.0 Å². The van der Waals surface area contributed by atoms with Crippen molar-refractivity contribution in [3.05, 3.63) is 58.3 Å². The highest BCUT2D eigenvalue weighted by molar-refractivity contribution is 9.10. The third-order valence-corrected chi connectivity index (χ3v) is 4.38. The molecule has 1 fully saturated rings. The molecule has 0 saturated heterocycles. The van der Waals surface area contributed by atoms with Crippen molar-refractivity contribution in [3.63, 3.8) is 0 Å². The second kappa shape index (κ2) is 8.31. The molecule has 2 aromatic carbocycles. The second-order valence-electron chi connectivity index (χ2n) is 6.10. The Bertz CT molecular complexity index is 824. The van der Waals surface area contributed by atoms with E-state index in [1.54, 1.807) is 6.07 Å². The average Bonchev–Trinajstić information content (AvgIpc) is 3.45. The highest BCUT2D eigenvalue weighted by Crippen LogP contribution is 2.30. The van der Waals surface area contributed by atoms with Gasteiger partial charge in [-0.15, -0.1) is 0 Å². The van der Waals surface area contributed by atoms with E-state index in [1.807, 2.05) is 24.3 Å². The molecule has 7 heteroatoms. The van der Waals surface area contributed by atoms with Crippen LogP contribution in [0.3, 0.4) is 0 Å². The highest BCUT2D eigenvalue weighted by Gasteiger charge is 2.29. The minimum atomic E-state index is -0.536. The van der Waals surface area contributed by atoms with Crippen LogP contribution in [0.2, 0.25) is 0 Å². The maximum absolute atomic E-state index is 13.6. The average molecular weight is 421 g/mol. The fourth-order valence-electron chi connectivity index (χ4n) is 2.34. The van der Waals surface area contributed by atoms with Crippen LogP contribution in [0.4, 0.5) is 10.1 Å². The topological polar surface area (TPSA) is 67.4 Å². The van der Waals surface area contributed by atoms with Crippen LogP contribution in [-0.2, 0) is 16.1 Å². The van der Waals surface area contributed by atoms with Crippen molar-refractivity contribution in [3.8, 4) is 5.75 Å². The van der Waals surface area contributed by atoms with Crippen LogP contribution in [-0.4, -0.2) is 18.4 Å². The van der Waals surface area contributed by atoms with E-state index in [-0.39, 0.29) is 36.6 Å². The largest absolute Gasteiger partial charge is 0.481 e. The lowest BCUT2D eigenvalue weighted by Crippen LogP contribution is -2.28. The van der Waals surface area contributed by atoms with Gasteiger partial charge in [0.2, 0.25) is 5.91 Å². The van der Waals surface area contributed by atoms with Crippen molar-refractivity contribution in [2.75, 3.05) is 11.9 Å². The number of hydrogen-bond acceptors (Lipinski definition) is 3.